The molecule has 0 aromatic heterocycles. The number of rotatable bonds is 5. The van der Waals surface area contributed by atoms with E-state index in [2.05, 4.69) is 39.8 Å². The number of carbonyl (C=O) groups excluding carboxylic acids is 1. The minimum absolute atomic E-state index is 0.270. The average Bonchev–Trinajstić information content (AvgIpc) is 2.30. The fraction of sp³-hybridized carbons (Fsp3) is 0.438. The molecule has 0 atom stereocenters. The van der Waals surface area contributed by atoms with Crippen LogP contribution in [0, 0.1) is 19.8 Å². The quantitative estimate of drug-likeness (QED) is 0.581. The highest BCUT2D eigenvalue weighted by Crippen LogP contribution is 2.11. The molecule has 0 fully saturated rings. The lowest BCUT2D eigenvalue weighted by Crippen LogP contribution is -2.04. The van der Waals surface area contributed by atoms with Gasteiger partial charge in [0.05, 0.1) is 6.61 Å². The van der Waals surface area contributed by atoms with Crippen molar-refractivity contribution in [1.82, 2.24) is 0 Å². The Labute approximate surface area is 110 Å². The van der Waals surface area contributed by atoms with E-state index in [0.29, 0.717) is 12.5 Å². The molecule has 1 aromatic rings. The molecule has 2 heteroatoms. The summed E-state index contributed by atoms with van der Waals surface area (Å²) in [6, 6.07) is 6.12. The van der Waals surface area contributed by atoms with Crippen LogP contribution in [-0.2, 0) is 9.53 Å². The third-order valence-electron chi connectivity index (χ3n) is 2.88. The summed E-state index contributed by atoms with van der Waals surface area (Å²) in [7, 11) is 0. The SMILES string of the molecule is Cc1ccc(C=CC(=O)OCCC(C)C)cc1C. The summed E-state index contributed by atoms with van der Waals surface area (Å²) in [6.45, 7) is 8.85. The minimum Gasteiger partial charge on any atom is -0.463 e. The number of benzene rings is 1. The molecular weight excluding hydrogens is 224 g/mol. The van der Waals surface area contributed by atoms with Gasteiger partial charge in [-0.15, -0.1) is 0 Å². The van der Waals surface area contributed by atoms with Crippen molar-refractivity contribution in [2.45, 2.75) is 34.1 Å². The molecule has 0 aliphatic carbocycles. The predicted octanol–water partition coefficient (Wildman–Crippen LogP) is 3.91. The van der Waals surface area contributed by atoms with Gasteiger partial charge in [0.25, 0.3) is 0 Å². The minimum atomic E-state index is -0.270. The zero-order valence-corrected chi connectivity index (χ0v) is 11.7. The van der Waals surface area contributed by atoms with Gasteiger partial charge in [0.15, 0.2) is 0 Å². The molecule has 0 aliphatic heterocycles. The fourth-order valence-corrected chi connectivity index (χ4v) is 1.48. The first-order valence-corrected chi connectivity index (χ1v) is 6.41. The number of ether oxygens (including phenoxy) is 1. The second-order valence-corrected chi connectivity index (χ2v) is 5.03. The molecule has 0 N–H and O–H groups in total. The van der Waals surface area contributed by atoms with E-state index < -0.39 is 0 Å². The molecule has 0 radical (unpaired) electrons. The summed E-state index contributed by atoms with van der Waals surface area (Å²) >= 11 is 0. The Morgan fingerprint density at radius 1 is 1.28 bits per heavy atom. The van der Waals surface area contributed by atoms with Gasteiger partial charge in [-0.2, -0.15) is 0 Å². The van der Waals surface area contributed by atoms with Gasteiger partial charge in [-0.25, -0.2) is 4.79 Å². The zero-order valence-electron chi connectivity index (χ0n) is 11.7. The van der Waals surface area contributed by atoms with Crippen molar-refractivity contribution >= 4 is 12.0 Å². The highest BCUT2D eigenvalue weighted by molar-refractivity contribution is 5.87. The Hall–Kier alpha value is -1.57. The van der Waals surface area contributed by atoms with Crippen LogP contribution in [0.1, 0.15) is 37.0 Å². The van der Waals surface area contributed by atoms with Crippen molar-refractivity contribution in [1.29, 1.82) is 0 Å². The highest BCUT2D eigenvalue weighted by Gasteiger charge is 1.99. The lowest BCUT2D eigenvalue weighted by molar-refractivity contribution is -0.137. The first-order chi connectivity index (χ1) is 8.49. The molecule has 0 saturated heterocycles. The normalized spacial score (nSPS) is 11.2. The number of aryl methyl sites for hydroxylation is 2. The maximum atomic E-state index is 11.4. The van der Waals surface area contributed by atoms with Crippen molar-refractivity contribution in [2.75, 3.05) is 6.61 Å². The summed E-state index contributed by atoms with van der Waals surface area (Å²) in [5, 5.41) is 0. The predicted molar refractivity (Wildman–Crippen MR) is 75.4 cm³/mol. The summed E-state index contributed by atoms with van der Waals surface area (Å²) in [5.74, 6) is 0.287. The van der Waals surface area contributed by atoms with Crippen LogP contribution in [0.4, 0.5) is 0 Å². The first kappa shape index (κ1) is 14.5. The molecule has 0 aliphatic rings. The van der Waals surface area contributed by atoms with Gasteiger partial charge < -0.3 is 4.74 Å². The molecule has 0 spiro atoms. The molecule has 0 unspecified atom stereocenters. The third kappa shape index (κ3) is 5.17. The molecule has 2 nitrogen and oxygen atoms in total. The molecule has 18 heavy (non-hydrogen) atoms. The highest BCUT2D eigenvalue weighted by atomic mass is 16.5. The lowest BCUT2D eigenvalue weighted by atomic mass is 10.1. The molecule has 0 saturated carbocycles. The van der Waals surface area contributed by atoms with Gasteiger partial charge in [-0.1, -0.05) is 32.0 Å². The zero-order chi connectivity index (χ0) is 13.5. The van der Waals surface area contributed by atoms with E-state index in [1.807, 2.05) is 6.07 Å². The molecule has 0 bridgehead atoms. The van der Waals surface area contributed by atoms with E-state index >= 15 is 0 Å². The van der Waals surface area contributed by atoms with Crippen molar-refractivity contribution in [3.63, 3.8) is 0 Å². The lowest BCUT2D eigenvalue weighted by Gasteiger charge is -2.04. The largest absolute Gasteiger partial charge is 0.463 e. The Morgan fingerprint density at radius 3 is 2.61 bits per heavy atom. The fourth-order valence-electron chi connectivity index (χ4n) is 1.48. The Balaban J connectivity index is 2.48. The van der Waals surface area contributed by atoms with Crippen LogP contribution in [0.2, 0.25) is 0 Å². The molecule has 1 aromatic carbocycles. The molecule has 0 heterocycles. The second kappa shape index (κ2) is 7.00. The van der Waals surface area contributed by atoms with E-state index in [9.17, 15) is 4.79 Å². The van der Waals surface area contributed by atoms with Crippen LogP contribution in [-0.4, -0.2) is 12.6 Å². The van der Waals surface area contributed by atoms with Crippen LogP contribution >= 0.6 is 0 Å². The standard InChI is InChI=1S/C16H22O2/c1-12(2)9-10-18-16(17)8-7-15-6-5-13(3)14(4)11-15/h5-8,11-12H,9-10H2,1-4H3. The molecule has 0 amide bonds. The summed E-state index contributed by atoms with van der Waals surface area (Å²) in [6.07, 6.45) is 4.19. The number of hydrogen-bond acceptors (Lipinski definition) is 2. The van der Waals surface area contributed by atoms with Gasteiger partial charge in [-0.3, -0.25) is 0 Å². The Morgan fingerprint density at radius 2 is 2.00 bits per heavy atom. The van der Waals surface area contributed by atoms with E-state index in [-0.39, 0.29) is 5.97 Å². The van der Waals surface area contributed by atoms with E-state index in [1.165, 1.54) is 17.2 Å². The third-order valence-corrected chi connectivity index (χ3v) is 2.88. The molecular formula is C16H22O2. The van der Waals surface area contributed by atoms with Crippen LogP contribution in [0.15, 0.2) is 24.3 Å². The monoisotopic (exact) mass is 246 g/mol. The van der Waals surface area contributed by atoms with Crippen molar-refractivity contribution in [3.8, 4) is 0 Å². The Kier molecular flexibility index (Phi) is 5.63. The van der Waals surface area contributed by atoms with E-state index in [4.69, 9.17) is 4.74 Å². The first-order valence-electron chi connectivity index (χ1n) is 6.41. The number of carbonyl (C=O) groups is 1. The summed E-state index contributed by atoms with van der Waals surface area (Å²) < 4.78 is 5.10. The van der Waals surface area contributed by atoms with Gasteiger partial charge in [0, 0.05) is 6.08 Å². The molecule has 98 valence electrons. The summed E-state index contributed by atoms with van der Waals surface area (Å²) in [5.41, 5.74) is 3.51. The molecule has 1 rings (SSSR count). The van der Waals surface area contributed by atoms with Gasteiger partial charge >= 0.3 is 5.97 Å². The smallest absolute Gasteiger partial charge is 0.330 e. The maximum Gasteiger partial charge on any atom is 0.330 e. The van der Waals surface area contributed by atoms with Crippen molar-refractivity contribution < 1.29 is 9.53 Å². The van der Waals surface area contributed by atoms with Crippen molar-refractivity contribution in [3.05, 3.63) is 41.0 Å². The number of hydrogen-bond donors (Lipinski definition) is 0. The van der Waals surface area contributed by atoms with E-state index in [0.717, 1.165) is 12.0 Å². The van der Waals surface area contributed by atoms with Gasteiger partial charge in [-0.05, 0) is 49.0 Å². The van der Waals surface area contributed by atoms with Gasteiger partial charge in [0.1, 0.15) is 0 Å². The van der Waals surface area contributed by atoms with Gasteiger partial charge in [0.2, 0.25) is 0 Å². The van der Waals surface area contributed by atoms with Crippen LogP contribution in [0.25, 0.3) is 6.08 Å². The van der Waals surface area contributed by atoms with Crippen LogP contribution in [0.5, 0.6) is 0 Å². The topological polar surface area (TPSA) is 26.3 Å². The average molecular weight is 246 g/mol. The maximum absolute atomic E-state index is 11.4. The summed E-state index contributed by atoms with van der Waals surface area (Å²) in [4.78, 5) is 11.4. The van der Waals surface area contributed by atoms with E-state index in [1.54, 1.807) is 6.08 Å². The van der Waals surface area contributed by atoms with Crippen LogP contribution in [0.3, 0.4) is 0 Å². The van der Waals surface area contributed by atoms with Crippen molar-refractivity contribution in [2.24, 2.45) is 5.92 Å². The Bertz CT molecular complexity index is 431. The number of esters is 1. The second-order valence-electron chi connectivity index (χ2n) is 5.03. The van der Waals surface area contributed by atoms with Crippen LogP contribution < -0.4 is 0 Å².